The monoisotopic (exact) mass is 540 g/mol. The van der Waals surface area contributed by atoms with Crippen molar-refractivity contribution in [1.82, 2.24) is 0 Å². The topological polar surface area (TPSA) is 0 Å². The van der Waals surface area contributed by atoms with Crippen LogP contribution in [0.15, 0.2) is 46.2 Å². The normalized spacial score (nSPS) is 16.0. The van der Waals surface area contributed by atoms with E-state index in [1.165, 1.54) is 6.07 Å². The standard InChI is InChI=1S/C15H5F17S/c16-7(8(17)33-6-4-2-1-3-5-6)9(18,19)10(20,21)11(22,23)12(24,25)13(26,27)14(28,29)15(30,31)32/h1-5H. The van der Waals surface area contributed by atoms with E-state index in [9.17, 15) is 74.6 Å². The Bertz CT molecular complexity index is 868. The first-order chi connectivity index (χ1) is 14.4. The molecule has 0 bridgehead atoms. The van der Waals surface area contributed by atoms with Gasteiger partial charge in [-0.25, -0.2) is 4.39 Å². The summed E-state index contributed by atoms with van der Waals surface area (Å²) in [4.78, 5) is -0.558. The summed E-state index contributed by atoms with van der Waals surface area (Å²) in [7, 11) is 0. The Kier molecular flexibility index (Phi) is 7.43. The molecule has 190 valence electrons. The molecule has 0 aliphatic heterocycles. The molecule has 0 saturated heterocycles. The lowest BCUT2D eigenvalue weighted by molar-refractivity contribution is -0.450. The smallest absolute Gasteiger partial charge is 0.201 e. The maximum atomic E-state index is 13.6. The number of halogens is 17. The van der Waals surface area contributed by atoms with E-state index in [0.29, 0.717) is 0 Å². The molecule has 1 aromatic rings. The zero-order valence-electron chi connectivity index (χ0n) is 14.7. The molecule has 0 atom stereocenters. The van der Waals surface area contributed by atoms with Crippen LogP contribution in [0.4, 0.5) is 74.6 Å². The Balaban J connectivity index is 3.58. The molecule has 0 amide bonds. The SMILES string of the molecule is FC(Sc1ccccc1)=C(F)C(F)(F)C(F)(F)C(F)(F)C(F)(F)C(F)(F)C(F)(F)C(F)(F)F. The number of hydrogen-bond acceptors (Lipinski definition) is 1. The first-order valence-corrected chi connectivity index (χ1v) is 8.35. The van der Waals surface area contributed by atoms with E-state index in [1.807, 2.05) is 0 Å². The predicted molar refractivity (Wildman–Crippen MR) is 77.3 cm³/mol. The first-order valence-electron chi connectivity index (χ1n) is 7.53. The summed E-state index contributed by atoms with van der Waals surface area (Å²) in [5.74, 6) is -53.5. The Morgan fingerprint density at radius 3 is 1.27 bits per heavy atom. The second kappa shape index (κ2) is 8.41. The highest BCUT2D eigenvalue weighted by Gasteiger charge is 2.93. The maximum absolute atomic E-state index is 13.6. The number of benzene rings is 1. The minimum absolute atomic E-state index is 0.558. The molecule has 0 radical (unpaired) electrons. The fraction of sp³-hybridized carbons (Fsp3) is 0.467. The molecule has 1 aromatic carbocycles. The Morgan fingerprint density at radius 1 is 0.515 bits per heavy atom. The highest BCUT2D eigenvalue weighted by molar-refractivity contribution is 8.02. The van der Waals surface area contributed by atoms with E-state index in [1.54, 1.807) is 0 Å². The molecule has 0 nitrogen and oxygen atoms in total. The second-order valence-corrected chi connectivity index (χ2v) is 6.98. The van der Waals surface area contributed by atoms with Crippen molar-refractivity contribution in [1.29, 1.82) is 0 Å². The molecule has 0 spiro atoms. The lowest BCUT2D eigenvalue weighted by atomic mass is 9.91. The van der Waals surface area contributed by atoms with E-state index in [-0.39, 0.29) is 0 Å². The number of alkyl halides is 15. The van der Waals surface area contributed by atoms with E-state index in [2.05, 4.69) is 0 Å². The molecule has 0 aromatic heterocycles. The van der Waals surface area contributed by atoms with Crippen molar-refractivity contribution < 1.29 is 74.6 Å². The largest absolute Gasteiger partial charge is 0.460 e. The van der Waals surface area contributed by atoms with Crippen molar-refractivity contribution in [2.24, 2.45) is 0 Å². The van der Waals surface area contributed by atoms with Crippen LogP contribution in [-0.2, 0) is 0 Å². The number of rotatable bonds is 8. The zero-order chi connectivity index (χ0) is 26.5. The summed E-state index contributed by atoms with van der Waals surface area (Å²) >= 11 is -0.799. The van der Waals surface area contributed by atoms with Gasteiger partial charge in [0, 0.05) is 4.90 Å². The van der Waals surface area contributed by atoms with Crippen LogP contribution in [-0.4, -0.2) is 41.7 Å². The highest BCUT2D eigenvalue weighted by Crippen LogP contribution is 2.63. The molecule has 33 heavy (non-hydrogen) atoms. The third-order valence-corrected chi connectivity index (χ3v) is 4.59. The van der Waals surface area contributed by atoms with Crippen molar-refractivity contribution in [3.63, 3.8) is 0 Å². The fourth-order valence-electron chi connectivity index (χ4n) is 1.86. The average molecular weight is 540 g/mol. The molecule has 0 unspecified atom stereocenters. The van der Waals surface area contributed by atoms with Gasteiger partial charge in [0.05, 0.1) is 0 Å². The molecular weight excluding hydrogens is 535 g/mol. The Labute approximate surface area is 175 Å². The predicted octanol–water partition coefficient (Wildman–Crippen LogP) is 8.26. The second-order valence-electron chi connectivity index (χ2n) is 5.95. The van der Waals surface area contributed by atoms with Gasteiger partial charge in [-0.15, -0.1) is 0 Å². The third-order valence-electron chi connectivity index (χ3n) is 3.73. The quantitative estimate of drug-likeness (QED) is 0.236. The molecule has 0 saturated carbocycles. The molecule has 0 aliphatic carbocycles. The first kappa shape index (κ1) is 29.2. The van der Waals surface area contributed by atoms with Gasteiger partial charge < -0.3 is 0 Å². The third kappa shape index (κ3) is 4.34. The van der Waals surface area contributed by atoms with Crippen LogP contribution in [0.25, 0.3) is 0 Å². The van der Waals surface area contributed by atoms with Crippen LogP contribution in [0.5, 0.6) is 0 Å². The lowest BCUT2D eigenvalue weighted by Crippen LogP contribution is -2.72. The summed E-state index contributed by atoms with van der Waals surface area (Å²) in [5, 5.41) is -3.07. The summed E-state index contributed by atoms with van der Waals surface area (Å²) < 4.78 is 222. The summed E-state index contributed by atoms with van der Waals surface area (Å²) in [6, 6.07) is 4.92. The van der Waals surface area contributed by atoms with Crippen LogP contribution < -0.4 is 0 Å². The van der Waals surface area contributed by atoms with Crippen LogP contribution in [0.1, 0.15) is 0 Å². The number of thioether (sulfide) groups is 1. The van der Waals surface area contributed by atoms with E-state index in [0.717, 1.165) is 24.3 Å². The molecule has 18 heteroatoms. The van der Waals surface area contributed by atoms with Gasteiger partial charge >= 0.3 is 41.7 Å². The number of hydrogen-bond donors (Lipinski definition) is 0. The van der Waals surface area contributed by atoms with Crippen molar-refractivity contribution >= 4 is 11.8 Å². The van der Waals surface area contributed by atoms with Crippen LogP contribution in [0, 0.1) is 0 Å². The Hall–Kier alpha value is -1.88. The molecule has 1 rings (SSSR count). The van der Waals surface area contributed by atoms with Gasteiger partial charge in [-0.1, -0.05) is 30.0 Å². The molecule has 0 heterocycles. The lowest BCUT2D eigenvalue weighted by Gasteiger charge is -2.41. The van der Waals surface area contributed by atoms with Gasteiger partial charge in [-0.05, 0) is 12.1 Å². The van der Waals surface area contributed by atoms with Crippen LogP contribution >= 0.6 is 11.8 Å². The molecule has 0 aliphatic rings. The maximum Gasteiger partial charge on any atom is 0.460 e. The van der Waals surface area contributed by atoms with E-state index in [4.69, 9.17) is 0 Å². The minimum atomic E-state index is -8.57. The zero-order valence-corrected chi connectivity index (χ0v) is 15.5. The van der Waals surface area contributed by atoms with Crippen LogP contribution in [0.3, 0.4) is 0 Å². The Morgan fingerprint density at radius 2 is 0.879 bits per heavy atom. The average Bonchev–Trinajstić information content (AvgIpc) is 2.66. The molecule has 0 N–H and O–H groups in total. The summed E-state index contributed by atoms with van der Waals surface area (Å²) in [6.45, 7) is 0. The molecule has 0 fully saturated rings. The van der Waals surface area contributed by atoms with Crippen molar-refractivity contribution in [3.05, 3.63) is 41.3 Å². The summed E-state index contributed by atoms with van der Waals surface area (Å²) in [5.41, 5.74) is 0. The van der Waals surface area contributed by atoms with Gasteiger partial charge in [0.2, 0.25) is 5.83 Å². The van der Waals surface area contributed by atoms with Crippen molar-refractivity contribution in [2.45, 2.75) is 46.6 Å². The number of allylic oxidation sites excluding steroid dienone is 1. The van der Waals surface area contributed by atoms with E-state index < -0.39 is 69.4 Å². The van der Waals surface area contributed by atoms with Crippen molar-refractivity contribution in [3.8, 4) is 0 Å². The fourth-order valence-corrected chi connectivity index (χ4v) is 2.58. The van der Waals surface area contributed by atoms with Crippen molar-refractivity contribution in [2.75, 3.05) is 0 Å². The summed E-state index contributed by atoms with van der Waals surface area (Å²) in [6.07, 6.45) is -7.75. The van der Waals surface area contributed by atoms with Gasteiger partial charge in [-0.2, -0.15) is 70.2 Å². The van der Waals surface area contributed by atoms with Gasteiger partial charge in [0.15, 0.2) is 5.16 Å². The van der Waals surface area contributed by atoms with Gasteiger partial charge in [0.1, 0.15) is 0 Å². The highest BCUT2D eigenvalue weighted by atomic mass is 32.2. The molecular formula is C15H5F17S. The minimum Gasteiger partial charge on any atom is -0.201 e. The van der Waals surface area contributed by atoms with Gasteiger partial charge in [0.25, 0.3) is 0 Å². The van der Waals surface area contributed by atoms with Gasteiger partial charge in [-0.3, -0.25) is 0 Å². The van der Waals surface area contributed by atoms with Crippen LogP contribution in [0.2, 0.25) is 0 Å². The van der Waals surface area contributed by atoms with E-state index >= 15 is 0 Å².